The molecule has 0 aromatic rings. The largest absolute Gasteiger partial charge is 0.383 e. The van der Waals surface area contributed by atoms with Gasteiger partial charge in [0.1, 0.15) is 0 Å². The second kappa shape index (κ2) is 8.68. The fourth-order valence-corrected chi connectivity index (χ4v) is 3.40. The fourth-order valence-electron chi connectivity index (χ4n) is 3.40. The minimum atomic E-state index is -0.582. The van der Waals surface area contributed by atoms with Crippen molar-refractivity contribution in [3.05, 3.63) is 0 Å². The first kappa shape index (κ1) is 18.4. The molecule has 0 spiro atoms. The highest BCUT2D eigenvalue weighted by Gasteiger charge is 2.42. The van der Waals surface area contributed by atoms with Crippen LogP contribution in [-0.4, -0.2) is 69.5 Å². The van der Waals surface area contributed by atoms with Crippen molar-refractivity contribution in [3.8, 4) is 0 Å². The molecular formula is C15H31N3O3. The van der Waals surface area contributed by atoms with E-state index in [9.17, 15) is 4.79 Å². The number of nitrogens with one attached hydrogen (secondary N) is 1. The van der Waals surface area contributed by atoms with Gasteiger partial charge in [-0.2, -0.15) is 0 Å². The van der Waals surface area contributed by atoms with Crippen LogP contribution in [0.4, 0.5) is 0 Å². The van der Waals surface area contributed by atoms with Crippen molar-refractivity contribution in [1.82, 2.24) is 10.2 Å². The Bertz CT molecular complexity index is 327. The molecule has 6 nitrogen and oxygen atoms in total. The van der Waals surface area contributed by atoms with Crippen molar-refractivity contribution in [1.29, 1.82) is 0 Å². The predicted octanol–water partition coefficient (Wildman–Crippen LogP) is 0.356. The van der Waals surface area contributed by atoms with E-state index < -0.39 is 5.54 Å². The Morgan fingerprint density at radius 1 is 1.48 bits per heavy atom. The molecule has 0 aliphatic heterocycles. The zero-order valence-corrected chi connectivity index (χ0v) is 13.9. The summed E-state index contributed by atoms with van der Waals surface area (Å²) in [6.45, 7) is 4.33. The Labute approximate surface area is 128 Å². The van der Waals surface area contributed by atoms with Crippen molar-refractivity contribution < 1.29 is 14.3 Å². The summed E-state index contributed by atoms with van der Waals surface area (Å²) in [6, 6.07) is 0.606. The number of ether oxygens (including phenoxy) is 2. The number of hydrogen-bond donors (Lipinski definition) is 2. The van der Waals surface area contributed by atoms with E-state index in [1.807, 2.05) is 7.05 Å². The predicted molar refractivity (Wildman–Crippen MR) is 83.2 cm³/mol. The van der Waals surface area contributed by atoms with Gasteiger partial charge in [-0.15, -0.1) is 0 Å². The third-order valence-electron chi connectivity index (χ3n) is 4.67. The maximum Gasteiger partial charge on any atom is 0.237 e. The minimum absolute atomic E-state index is 0.249. The van der Waals surface area contributed by atoms with Gasteiger partial charge in [0.25, 0.3) is 0 Å². The molecule has 0 aromatic carbocycles. The normalized spacial score (nSPS) is 27.8. The molecule has 0 aromatic heterocycles. The van der Waals surface area contributed by atoms with Crippen LogP contribution in [0, 0.1) is 0 Å². The van der Waals surface area contributed by atoms with Crippen molar-refractivity contribution in [2.75, 3.05) is 41.0 Å². The molecule has 0 bridgehead atoms. The number of likely N-dealkylation sites (N-methyl/N-ethyl adjacent to an activating group) is 1. The second-order valence-corrected chi connectivity index (χ2v) is 5.98. The third-order valence-corrected chi connectivity index (χ3v) is 4.67. The van der Waals surface area contributed by atoms with Crippen LogP contribution in [0.15, 0.2) is 0 Å². The second-order valence-electron chi connectivity index (χ2n) is 5.98. The first-order valence-corrected chi connectivity index (χ1v) is 7.73. The van der Waals surface area contributed by atoms with E-state index >= 15 is 0 Å². The summed E-state index contributed by atoms with van der Waals surface area (Å²) < 4.78 is 10.5. The number of nitrogens with zero attached hydrogens (tertiary/aromatic N) is 1. The van der Waals surface area contributed by atoms with Gasteiger partial charge in [0, 0.05) is 32.8 Å². The SMILES string of the molecule is CNC1(C(N)=O)CCCC(N(CCOC)C(C)COC)C1. The van der Waals surface area contributed by atoms with Gasteiger partial charge in [0.05, 0.1) is 18.8 Å². The van der Waals surface area contributed by atoms with E-state index in [0.717, 1.165) is 32.2 Å². The number of primary amides is 1. The molecule has 0 heterocycles. The highest BCUT2D eigenvalue weighted by Crippen LogP contribution is 2.32. The lowest BCUT2D eigenvalue weighted by Gasteiger charge is -2.45. The van der Waals surface area contributed by atoms with Gasteiger partial charge in [-0.3, -0.25) is 9.69 Å². The van der Waals surface area contributed by atoms with E-state index in [2.05, 4.69) is 17.1 Å². The molecule has 1 saturated carbocycles. The van der Waals surface area contributed by atoms with Gasteiger partial charge >= 0.3 is 0 Å². The number of methoxy groups -OCH3 is 2. The first-order valence-electron chi connectivity index (χ1n) is 7.73. The molecule has 1 aliphatic carbocycles. The summed E-state index contributed by atoms with van der Waals surface area (Å²) in [5.74, 6) is -0.249. The summed E-state index contributed by atoms with van der Waals surface area (Å²) in [5.41, 5.74) is 5.06. The van der Waals surface area contributed by atoms with Crippen LogP contribution in [0.25, 0.3) is 0 Å². The highest BCUT2D eigenvalue weighted by atomic mass is 16.5. The highest BCUT2D eigenvalue weighted by molar-refractivity contribution is 5.84. The summed E-state index contributed by atoms with van der Waals surface area (Å²) in [4.78, 5) is 14.3. The van der Waals surface area contributed by atoms with Crippen LogP contribution in [-0.2, 0) is 14.3 Å². The van der Waals surface area contributed by atoms with Gasteiger partial charge in [-0.25, -0.2) is 0 Å². The van der Waals surface area contributed by atoms with E-state index in [1.165, 1.54) is 0 Å². The number of carbonyl (C=O) groups is 1. The van der Waals surface area contributed by atoms with Gasteiger partial charge in [0.15, 0.2) is 0 Å². The van der Waals surface area contributed by atoms with E-state index in [-0.39, 0.29) is 11.9 Å². The van der Waals surface area contributed by atoms with Gasteiger partial charge in [0.2, 0.25) is 5.91 Å². The monoisotopic (exact) mass is 301 g/mol. The molecular weight excluding hydrogens is 270 g/mol. The lowest BCUT2D eigenvalue weighted by molar-refractivity contribution is -0.126. The molecule has 0 radical (unpaired) electrons. The van der Waals surface area contributed by atoms with Crippen molar-refractivity contribution in [2.24, 2.45) is 5.73 Å². The van der Waals surface area contributed by atoms with Crippen molar-refractivity contribution in [2.45, 2.75) is 50.2 Å². The molecule has 3 atom stereocenters. The van der Waals surface area contributed by atoms with Crippen LogP contribution in [0.1, 0.15) is 32.6 Å². The molecule has 1 amide bonds. The van der Waals surface area contributed by atoms with Gasteiger partial charge in [-0.05, 0) is 39.7 Å². The zero-order valence-electron chi connectivity index (χ0n) is 13.9. The van der Waals surface area contributed by atoms with E-state index in [1.54, 1.807) is 14.2 Å². The Morgan fingerprint density at radius 3 is 2.71 bits per heavy atom. The Kier molecular flexibility index (Phi) is 7.59. The average Bonchev–Trinajstić information content (AvgIpc) is 2.48. The van der Waals surface area contributed by atoms with Crippen LogP contribution in [0.2, 0.25) is 0 Å². The van der Waals surface area contributed by atoms with Crippen molar-refractivity contribution >= 4 is 5.91 Å². The average molecular weight is 301 g/mol. The van der Waals surface area contributed by atoms with E-state index in [4.69, 9.17) is 15.2 Å². The molecule has 3 unspecified atom stereocenters. The van der Waals surface area contributed by atoms with Crippen LogP contribution in [0.3, 0.4) is 0 Å². The number of amides is 1. The third kappa shape index (κ3) is 4.64. The van der Waals surface area contributed by atoms with Crippen LogP contribution in [0.5, 0.6) is 0 Å². The first-order chi connectivity index (χ1) is 10.0. The lowest BCUT2D eigenvalue weighted by Crippen LogP contribution is -2.60. The van der Waals surface area contributed by atoms with Crippen LogP contribution < -0.4 is 11.1 Å². The van der Waals surface area contributed by atoms with Crippen LogP contribution >= 0.6 is 0 Å². The Balaban J connectivity index is 2.83. The standard InChI is InChI=1S/C15H31N3O3/c1-12(11-21-4)18(8-9-20-3)13-6-5-7-15(10-13,17-2)14(16)19/h12-13,17H,5-11H2,1-4H3,(H2,16,19). The maximum absolute atomic E-state index is 11.9. The topological polar surface area (TPSA) is 76.8 Å². The molecule has 6 heteroatoms. The number of carbonyl (C=O) groups excluding carboxylic acids is 1. The fraction of sp³-hybridized carbons (Fsp3) is 0.933. The number of nitrogens with two attached hydrogens (primary N) is 1. The lowest BCUT2D eigenvalue weighted by atomic mass is 9.77. The molecule has 124 valence electrons. The van der Waals surface area contributed by atoms with Crippen molar-refractivity contribution in [3.63, 3.8) is 0 Å². The summed E-state index contributed by atoms with van der Waals surface area (Å²) in [7, 11) is 5.25. The smallest absolute Gasteiger partial charge is 0.237 e. The summed E-state index contributed by atoms with van der Waals surface area (Å²) in [6.07, 6.45) is 3.63. The van der Waals surface area contributed by atoms with Gasteiger partial charge in [-0.1, -0.05) is 0 Å². The quantitative estimate of drug-likeness (QED) is 0.643. The molecule has 1 fully saturated rings. The Morgan fingerprint density at radius 2 is 2.19 bits per heavy atom. The maximum atomic E-state index is 11.9. The molecule has 0 saturated heterocycles. The minimum Gasteiger partial charge on any atom is -0.383 e. The molecule has 3 N–H and O–H groups in total. The Hall–Kier alpha value is -0.690. The summed E-state index contributed by atoms with van der Waals surface area (Å²) in [5, 5.41) is 3.17. The van der Waals surface area contributed by atoms with Gasteiger partial charge < -0.3 is 20.5 Å². The molecule has 1 aliphatic rings. The van der Waals surface area contributed by atoms with E-state index in [0.29, 0.717) is 19.3 Å². The number of hydrogen-bond acceptors (Lipinski definition) is 5. The number of rotatable bonds is 9. The summed E-state index contributed by atoms with van der Waals surface area (Å²) >= 11 is 0. The molecule has 1 rings (SSSR count). The molecule has 21 heavy (non-hydrogen) atoms. The zero-order chi connectivity index (χ0) is 15.9.